The predicted molar refractivity (Wildman–Crippen MR) is 55.6 cm³/mol. The third-order valence-corrected chi connectivity index (χ3v) is 2.04. The molecule has 0 spiro atoms. The minimum atomic E-state index is -0.421. The highest BCUT2D eigenvalue weighted by molar-refractivity contribution is 5.63. The Morgan fingerprint density at radius 2 is 2.13 bits per heavy atom. The fourth-order valence-electron chi connectivity index (χ4n) is 1.28. The summed E-state index contributed by atoms with van der Waals surface area (Å²) in [5.41, 5.74) is 0.900. The molecule has 1 aliphatic heterocycles. The molecule has 0 aromatic heterocycles. The number of non-ortho nitro benzene ring substituents is 1. The first-order valence-corrected chi connectivity index (χ1v) is 4.36. The van der Waals surface area contributed by atoms with Crippen LogP contribution in [0, 0.1) is 10.1 Å². The molecule has 0 saturated heterocycles. The largest absolute Gasteiger partial charge is 0.544 e. The van der Waals surface area contributed by atoms with Crippen LogP contribution in [-0.2, 0) is 0 Å². The van der Waals surface area contributed by atoms with E-state index < -0.39 is 4.92 Å². The summed E-state index contributed by atoms with van der Waals surface area (Å²) in [7, 11) is 1.86. The van der Waals surface area contributed by atoms with E-state index in [2.05, 4.69) is 11.4 Å². The zero-order chi connectivity index (χ0) is 10.8. The zero-order valence-corrected chi connectivity index (χ0v) is 8.12. The average molecular weight is 205 g/mol. The Balaban J connectivity index is 2.17. The van der Waals surface area contributed by atoms with Gasteiger partial charge in [0.25, 0.3) is 5.69 Å². The maximum Gasteiger partial charge on any atom is 0.544 e. The van der Waals surface area contributed by atoms with Gasteiger partial charge in [-0.15, -0.1) is 4.90 Å². The van der Waals surface area contributed by atoms with Gasteiger partial charge in [0.05, 0.1) is 17.7 Å². The van der Waals surface area contributed by atoms with Gasteiger partial charge in [-0.05, 0) is 12.1 Å². The quantitative estimate of drug-likeness (QED) is 0.412. The van der Waals surface area contributed by atoms with Crippen molar-refractivity contribution in [3.8, 4) is 0 Å². The van der Waals surface area contributed by atoms with Crippen LogP contribution in [0.3, 0.4) is 0 Å². The second-order valence-electron chi connectivity index (χ2n) is 3.21. The molecule has 1 heterocycles. The third kappa shape index (κ3) is 1.84. The van der Waals surface area contributed by atoms with Crippen molar-refractivity contribution in [2.75, 3.05) is 18.7 Å². The number of anilines is 1. The number of hydrogen-bond acceptors (Lipinski definition) is 5. The summed E-state index contributed by atoms with van der Waals surface area (Å²) in [6.07, 6.45) is 2.76. The summed E-state index contributed by atoms with van der Waals surface area (Å²) in [5, 5.41) is 16.1. The molecule has 0 unspecified atom stereocenters. The van der Waals surface area contributed by atoms with Gasteiger partial charge in [0.1, 0.15) is 5.10 Å². The molecule has 0 bridgehead atoms. The molecule has 0 atom stereocenters. The summed E-state index contributed by atoms with van der Waals surface area (Å²) < 4.78 is 0. The van der Waals surface area contributed by atoms with Crippen molar-refractivity contribution in [2.24, 2.45) is 5.10 Å². The molecule has 0 fully saturated rings. The van der Waals surface area contributed by atoms with Crippen LogP contribution < -0.4 is 5.01 Å². The molecule has 1 aromatic carbocycles. The number of hydrogen-bond donors (Lipinski definition) is 0. The van der Waals surface area contributed by atoms with E-state index in [9.17, 15) is 10.1 Å². The van der Waals surface area contributed by atoms with Crippen LogP contribution >= 0.6 is 0 Å². The number of rotatable bonds is 2. The summed E-state index contributed by atoms with van der Waals surface area (Å²) in [5.74, 6) is 0. The Hall–Kier alpha value is -2.20. The van der Waals surface area contributed by atoms with E-state index in [0.717, 1.165) is 5.69 Å². The summed E-state index contributed by atoms with van der Waals surface area (Å²) in [6.45, 7) is 0.609. The third-order valence-electron chi connectivity index (χ3n) is 2.04. The monoisotopic (exact) mass is 205 g/mol. The Bertz CT molecular complexity index is 401. The van der Waals surface area contributed by atoms with E-state index in [4.69, 9.17) is 0 Å². The van der Waals surface area contributed by atoms with Crippen LogP contribution in [0.5, 0.6) is 0 Å². The van der Waals surface area contributed by atoms with Crippen LogP contribution in [-0.4, -0.2) is 29.9 Å². The van der Waals surface area contributed by atoms with Crippen LogP contribution in [0.25, 0.3) is 0 Å². The molecule has 15 heavy (non-hydrogen) atoms. The van der Waals surface area contributed by atoms with Gasteiger partial charge in [0, 0.05) is 12.1 Å². The smallest absolute Gasteiger partial charge is 0.258 e. The van der Waals surface area contributed by atoms with Gasteiger partial charge in [-0.25, -0.2) is 0 Å². The van der Waals surface area contributed by atoms with E-state index in [1.165, 1.54) is 12.1 Å². The zero-order valence-electron chi connectivity index (χ0n) is 8.12. The lowest BCUT2D eigenvalue weighted by molar-refractivity contribution is -0.384. The Morgan fingerprint density at radius 3 is 2.60 bits per heavy atom. The van der Waals surface area contributed by atoms with Crippen LogP contribution in [0.15, 0.2) is 29.4 Å². The lowest BCUT2D eigenvalue weighted by atomic mass is 10.3. The van der Waals surface area contributed by atoms with Crippen molar-refractivity contribution in [3.63, 3.8) is 0 Å². The van der Waals surface area contributed by atoms with Crippen molar-refractivity contribution in [2.45, 2.75) is 0 Å². The second kappa shape index (κ2) is 3.51. The molecule has 0 N–H and O–H groups in total. The molecule has 6 heteroatoms. The molecule has 76 valence electrons. The molecule has 0 saturated carbocycles. The van der Waals surface area contributed by atoms with Gasteiger partial charge in [-0.2, -0.15) is 5.01 Å². The minimum absolute atomic E-state index is 0.0826. The van der Waals surface area contributed by atoms with Crippen LogP contribution in [0.2, 0.25) is 0 Å². The average Bonchev–Trinajstić information content (AvgIpc) is 2.65. The first kappa shape index (κ1) is 9.36. The highest BCUT2D eigenvalue weighted by Crippen LogP contribution is 2.20. The van der Waals surface area contributed by atoms with Crippen molar-refractivity contribution in [1.29, 1.82) is 0 Å². The van der Waals surface area contributed by atoms with Crippen molar-refractivity contribution in [1.82, 2.24) is 4.90 Å². The summed E-state index contributed by atoms with van der Waals surface area (Å²) in [4.78, 5) is 11.8. The van der Waals surface area contributed by atoms with Gasteiger partial charge >= 0.3 is 6.34 Å². The maximum atomic E-state index is 10.4. The van der Waals surface area contributed by atoms with Crippen molar-refractivity contribution < 1.29 is 4.92 Å². The number of hydrazone groups is 1. The lowest BCUT2D eigenvalue weighted by Crippen LogP contribution is -2.22. The van der Waals surface area contributed by atoms with Crippen molar-refractivity contribution >= 4 is 17.7 Å². The maximum absolute atomic E-state index is 10.4. The molecular formula is C9H9N4O2+. The molecule has 6 nitrogen and oxygen atoms in total. The topological polar surface area (TPSA) is 62.0 Å². The first-order chi connectivity index (χ1) is 7.16. The highest BCUT2D eigenvalue weighted by atomic mass is 16.6. The Labute approximate surface area is 86.6 Å². The molecule has 0 amide bonds. The van der Waals surface area contributed by atoms with E-state index >= 15 is 0 Å². The van der Waals surface area contributed by atoms with Crippen molar-refractivity contribution in [3.05, 3.63) is 34.4 Å². The highest BCUT2D eigenvalue weighted by Gasteiger charge is 2.24. The van der Waals surface area contributed by atoms with Crippen LogP contribution in [0.4, 0.5) is 11.4 Å². The van der Waals surface area contributed by atoms with Gasteiger partial charge < -0.3 is 0 Å². The van der Waals surface area contributed by atoms with E-state index in [-0.39, 0.29) is 5.69 Å². The van der Waals surface area contributed by atoms with Gasteiger partial charge in [0.15, 0.2) is 6.67 Å². The molecule has 1 aliphatic rings. The van der Waals surface area contributed by atoms with Gasteiger partial charge in [-0.1, -0.05) is 0 Å². The van der Waals surface area contributed by atoms with Crippen LogP contribution in [0.1, 0.15) is 0 Å². The van der Waals surface area contributed by atoms with Gasteiger partial charge in [-0.3, -0.25) is 10.1 Å². The Morgan fingerprint density at radius 1 is 1.47 bits per heavy atom. The number of nitrogens with zero attached hydrogens (tertiary/aromatic N) is 4. The Kier molecular flexibility index (Phi) is 2.19. The standard InChI is InChI=1S/C9H9N4O2/c1-11-6-10-12(7-11)8-2-4-9(5-3-8)13(14)15/h2-5H,7H2,1H3/q+1. The SMILES string of the molecule is CN1[C+]=NN(c2ccc([N+](=O)[O-])cc2)C1. The molecule has 0 aliphatic carbocycles. The second-order valence-corrected chi connectivity index (χ2v) is 3.21. The number of nitro groups is 1. The van der Waals surface area contributed by atoms with E-state index in [1.54, 1.807) is 22.0 Å². The normalized spacial score (nSPS) is 14.2. The molecule has 1 aromatic rings. The van der Waals surface area contributed by atoms with E-state index in [1.807, 2.05) is 7.05 Å². The lowest BCUT2D eigenvalue weighted by Gasteiger charge is -2.08. The fraction of sp³-hybridized carbons (Fsp3) is 0.222. The van der Waals surface area contributed by atoms with Gasteiger partial charge in [0.2, 0.25) is 0 Å². The fourth-order valence-corrected chi connectivity index (χ4v) is 1.28. The number of nitro benzene ring substituents is 1. The molecule has 2 rings (SSSR count). The molecular weight excluding hydrogens is 196 g/mol. The number of benzene rings is 1. The summed E-state index contributed by atoms with van der Waals surface area (Å²) in [6, 6.07) is 6.26. The minimum Gasteiger partial charge on any atom is -0.258 e. The predicted octanol–water partition coefficient (Wildman–Crippen LogP) is 1.12. The summed E-state index contributed by atoms with van der Waals surface area (Å²) >= 11 is 0. The first-order valence-electron chi connectivity index (χ1n) is 4.36. The van der Waals surface area contributed by atoms with E-state index in [0.29, 0.717) is 6.67 Å². The molecule has 0 radical (unpaired) electrons.